The summed E-state index contributed by atoms with van der Waals surface area (Å²) in [7, 11) is 0. The number of rotatable bonds is 9. The van der Waals surface area contributed by atoms with Crippen molar-refractivity contribution in [3.05, 3.63) is 0 Å². The van der Waals surface area contributed by atoms with E-state index in [4.69, 9.17) is 9.73 Å². The number of ether oxygens (including phenoxy) is 1. The molecule has 0 unspecified atom stereocenters. The van der Waals surface area contributed by atoms with Gasteiger partial charge in [0.05, 0.1) is 6.61 Å². The van der Waals surface area contributed by atoms with Crippen molar-refractivity contribution in [3.8, 4) is 0 Å². The summed E-state index contributed by atoms with van der Waals surface area (Å²) in [6.07, 6.45) is 3.97. The minimum Gasteiger partial charge on any atom is -0.450 e. The highest BCUT2D eigenvalue weighted by molar-refractivity contribution is 14.0. The molecule has 0 aliphatic carbocycles. The largest absolute Gasteiger partial charge is 0.450 e. The molecule has 2 aliphatic rings. The molecule has 9 heteroatoms. The number of nitrogens with zero attached hydrogens (tertiary/aromatic N) is 4. The van der Waals surface area contributed by atoms with E-state index < -0.39 is 0 Å². The van der Waals surface area contributed by atoms with E-state index in [0.29, 0.717) is 12.6 Å². The van der Waals surface area contributed by atoms with Crippen molar-refractivity contribution in [2.75, 3.05) is 72.1 Å². The maximum Gasteiger partial charge on any atom is 0.409 e. The van der Waals surface area contributed by atoms with Crippen LogP contribution in [0.15, 0.2) is 4.99 Å². The molecular formula is C21H43IN6O2. The standard InChI is InChI=1S/C21H42N6O2.HI/c1-4-22-20(24-19-9-13-27(14-10-19)21(28)29-6-3)23-11-7-8-12-26-17-15-25(5-2)16-18-26;/h19H,4-18H2,1-3H3,(H2,22,23,24);1H. The predicted octanol–water partition coefficient (Wildman–Crippen LogP) is 2.20. The zero-order chi connectivity index (χ0) is 20.9. The number of nitrogens with one attached hydrogen (secondary N) is 2. The van der Waals surface area contributed by atoms with Gasteiger partial charge >= 0.3 is 6.09 Å². The number of hydrogen-bond acceptors (Lipinski definition) is 5. The Morgan fingerprint density at radius 1 is 1.00 bits per heavy atom. The molecule has 0 radical (unpaired) electrons. The minimum absolute atomic E-state index is 0. The number of likely N-dealkylation sites (N-methyl/N-ethyl adjacent to an activating group) is 1. The van der Waals surface area contributed by atoms with Crippen LogP contribution < -0.4 is 10.6 Å². The zero-order valence-electron chi connectivity index (χ0n) is 19.2. The van der Waals surface area contributed by atoms with Gasteiger partial charge in [0.1, 0.15) is 0 Å². The highest BCUT2D eigenvalue weighted by Gasteiger charge is 2.24. The van der Waals surface area contributed by atoms with Crippen LogP contribution in [0.25, 0.3) is 0 Å². The number of piperazine rings is 1. The molecule has 2 fully saturated rings. The molecule has 0 aromatic heterocycles. The number of carbonyl (C=O) groups excluding carboxylic acids is 1. The van der Waals surface area contributed by atoms with Crippen molar-refractivity contribution in [2.45, 2.75) is 52.5 Å². The summed E-state index contributed by atoms with van der Waals surface area (Å²) in [6, 6.07) is 0.355. The summed E-state index contributed by atoms with van der Waals surface area (Å²) in [5.74, 6) is 0.902. The van der Waals surface area contributed by atoms with E-state index >= 15 is 0 Å². The van der Waals surface area contributed by atoms with Crippen LogP contribution in [0, 0.1) is 0 Å². The van der Waals surface area contributed by atoms with Crippen molar-refractivity contribution in [1.82, 2.24) is 25.3 Å². The smallest absolute Gasteiger partial charge is 0.409 e. The predicted molar refractivity (Wildman–Crippen MR) is 134 cm³/mol. The van der Waals surface area contributed by atoms with Gasteiger partial charge in [0.15, 0.2) is 5.96 Å². The highest BCUT2D eigenvalue weighted by Crippen LogP contribution is 2.11. The van der Waals surface area contributed by atoms with Crippen LogP contribution in [-0.4, -0.2) is 105 Å². The Morgan fingerprint density at radius 2 is 1.67 bits per heavy atom. The molecule has 2 aliphatic heterocycles. The lowest BCUT2D eigenvalue weighted by Crippen LogP contribution is -2.50. The number of piperidine rings is 1. The topological polar surface area (TPSA) is 72.4 Å². The average Bonchev–Trinajstić information content (AvgIpc) is 2.74. The normalized spacial score (nSPS) is 19.3. The fraction of sp³-hybridized carbons (Fsp3) is 0.905. The van der Waals surface area contributed by atoms with Gasteiger partial charge in [0, 0.05) is 58.4 Å². The van der Waals surface area contributed by atoms with Crippen LogP contribution in [0.3, 0.4) is 0 Å². The van der Waals surface area contributed by atoms with Crippen molar-refractivity contribution in [3.63, 3.8) is 0 Å². The summed E-state index contributed by atoms with van der Waals surface area (Å²) in [5, 5.41) is 6.90. The van der Waals surface area contributed by atoms with E-state index in [1.165, 1.54) is 45.7 Å². The highest BCUT2D eigenvalue weighted by atomic mass is 127. The van der Waals surface area contributed by atoms with Gasteiger partial charge in [-0.2, -0.15) is 0 Å². The van der Waals surface area contributed by atoms with Gasteiger partial charge in [0.25, 0.3) is 0 Å². The molecular weight excluding hydrogens is 495 g/mol. The Morgan fingerprint density at radius 3 is 2.27 bits per heavy atom. The van der Waals surface area contributed by atoms with Gasteiger partial charge in [-0.3, -0.25) is 4.99 Å². The van der Waals surface area contributed by atoms with E-state index in [2.05, 4.69) is 34.3 Å². The Balaban J connectivity index is 0.00000450. The van der Waals surface area contributed by atoms with Crippen LogP contribution >= 0.6 is 24.0 Å². The number of hydrogen-bond donors (Lipinski definition) is 2. The maximum absolute atomic E-state index is 11.8. The second kappa shape index (κ2) is 15.9. The first-order valence-corrected chi connectivity index (χ1v) is 11.6. The van der Waals surface area contributed by atoms with E-state index in [0.717, 1.165) is 51.4 Å². The third-order valence-corrected chi connectivity index (χ3v) is 5.77. The first-order chi connectivity index (χ1) is 14.2. The van der Waals surface area contributed by atoms with Gasteiger partial charge < -0.3 is 30.1 Å². The molecule has 0 spiro atoms. The number of aliphatic imine (C=N–C) groups is 1. The Bertz CT molecular complexity index is 492. The molecule has 8 nitrogen and oxygen atoms in total. The van der Waals surface area contributed by atoms with E-state index in [-0.39, 0.29) is 30.1 Å². The molecule has 2 rings (SSSR count). The lowest BCUT2D eigenvalue weighted by molar-refractivity contribution is 0.0963. The zero-order valence-corrected chi connectivity index (χ0v) is 21.5. The quantitative estimate of drug-likeness (QED) is 0.203. The van der Waals surface area contributed by atoms with Crippen molar-refractivity contribution >= 4 is 36.0 Å². The molecule has 0 aromatic carbocycles. The van der Waals surface area contributed by atoms with E-state index in [9.17, 15) is 4.79 Å². The lowest BCUT2D eigenvalue weighted by atomic mass is 10.1. The van der Waals surface area contributed by atoms with Crippen molar-refractivity contribution in [1.29, 1.82) is 0 Å². The van der Waals surface area contributed by atoms with Gasteiger partial charge in [-0.15, -0.1) is 24.0 Å². The summed E-state index contributed by atoms with van der Waals surface area (Å²) in [4.78, 5) is 23.5. The molecule has 0 saturated carbocycles. The number of guanidine groups is 1. The maximum atomic E-state index is 11.8. The van der Waals surface area contributed by atoms with Crippen molar-refractivity contribution in [2.24, 2.45) is 4.99 Å². The van der Waals surface area contributed by atoms with Gasteiger partial charge in [0.2, 0.25) is 0 Å². The molecule has 2 saturated heterocycles. The first-order valence-electron chi connectivity index (χ1n) is 11.6. The molecule has 2 heterocycles. The average molecular weight is 539 g/mol. The summed E-state index contributed by atoms with van der Waals surface area (Å²) in [6.45, 7) is 17.0. The van der Waals surface area contributed by atoms with Crippen LogP contribution in [0.2, 0.25) is 0 Å². The fourth-order valence-electron chi connectivity index (χ4n) is 3.90. The van der Waals surface area contributed by atoms with Crippen LogP contribution in [0.1, 0.15) is 46.5 Å². The number of likely N-dealkylation sites (tertiary alicyclic amines) is 1. The Hall–Kier alpha value is -0.810. The second-order valence-electron chi connectivity index (χ2n) is 7.85. The second-order valence-corrected chi connectivity index (χ2v) is 7.85. The summed E-state index contributed by atoms with van der Waals surface area (Å²) >= 11 is 0. The molecule has 1 amide bonds. The Kier molecular flexibility index (Phi) is 14.4. The van der Waals surface area contributed by atoms with E-state index in [1.54, 1.807) is 4.90 Å². The molecule has 0 bridgehead atoms. The van der Waals surface area contributed by atoms with Crippen LogP contribution in [0.5, 0.6) is 0 Å². The third-order valence-electron chi connectivity index (χ3n) is 5.77. The molecule has 30 heavy (non-hydrogen) atoms. The van der Waals surface area contributed by atoms with Gasteiger partial charge in [-0.05, 0) is 52.6 Å². The minimum atomic E-state index is -0.192. The van der Waals surface area contributed by atoms with Crippen LogP contribution in [0.4, 0.5) is 4.79 Å². The molecule has 2 N–H and O–H groups in total. The number of carbonyl (C=O) groups is 1. The van der Waals surface area contributed by atoms with E-state index in [1.807, 2.05) is 6.92 Å². The first kappa shape index (κ1) is 27.2. The Labute approximate surface area is 200 Å². The third kappa shape index (κ3) is 10.00. The van der Waals surface area contributed by atoms with Gasteiger partial charge in [-0.1, -0.05) is 6.92 Å². The van der Waals surface area contributed by atoms with Crippen LogP contribution in [-0.2, 0) is 4.74 Å². The number of unbranched alkanes of at least 4 members (excludes halogenated alkanes) is 1. The lowest BCUT2D eigenvalue weighted by Gasteiger charge is -2.34. The SMILES string of the molecule is CCNC(=NCCCCN1CCN(CC)CC1)NC1CCN(C(=O)OCC)CC1.I. The monoisotopic (exact) mass is 538 g/mol. The summed E-state index contributed by atoms with van der Waals surface area (Å²) < 4.78 is 5.09. The number of amides is 1. The van der Waals surface area contributed by atoms with Gasteiger partial charge in [-0.25, -0.2) is 4.79 Å². The molecule has 0 aromatic rings. The number of halogens is 1. The molecule has 176 valence electrons. The fourth-order valence-corrected chi connectivity index (χ4v) is 3.90. The molecule has 0 atom stereocenters. The van der Waals surface area contributed by atoms with Crippen molar-refractivity contribution < 1.29 is 9.53 Å². The summed E-state index contributed by atoms with van der Waals surface area (Å²) in [5.41, 5.74) is 0.